The van der Waals surface area contributed by atoms with E-state index in [1.807, 2.05) is 24.3 Å². The number of hydrogen-bond donors (Lipinski definition) is 2. The lowest BCUT2D eigenvalue weighted by Crippen LogP contribution is -2.42. The number of benzene rings is 6. The monoisotopic (exact) mass is 774 g/mol. The van der Waals surface area contributed by atoms with E-state index in [1.165, 1.54) is 0 Å². The molecule has 0 atom stereocenters. The molecule has 6 aromatic rings. The van der Waals surface area contributed by atoms with Crippen molar-refractivity contribution in [3.63, 3.8) is 0 Å². The van der Waals surface area contributed by atoms with E-state index in [1.54, 1.807) is 0 Å². The molecule has 0 saturated heterocycles. The lowest BCUT2D eigenvalue weighted by molar-refractivity contribution is -0.146. The Hall–Kier alpha value is -4.88. The molecule has 0 radical (unpaired) electrons. The molecule has 6 heteroatoms. The summed E-state index contributed by atoms with van der Waals surface area (Å²) >= 11 is 0. The van der Waals surface area contributed by atoms with Gasteiger partial charge in [0.15, 0.2) is 0 Å². The molecule has 8 rings (SSSR count). The first-order chi connectivity index (χ1) is 27.4. The summed E-state index contributed by atoms with van der Waals surface area (Å²) < 4.78 is 0. The average Bonchev–Trinajstić information content (AvgIpc) is 3.26. The van der Waals surface area contributed by atoms with Crippen LogP contribution < -0.4 is 31.8 Å². The molecule has 0 spiro atoms. The van der Waals surface area contributed by atoms with Crippen LogP contribution in [0.2, 0.25) is 0 Å². The first kappa shape index (κ1) is 38.0. The van der Waals surface area contributed by atoms with Crippen LogP contribution in [0.5, 0.6) is 0 Å². The maximum Gasteiger partial charge on any atom is 0.314 e. The lowest BCUT2D eigenvalue weighted by atomic mass is 9.64. The molecule has 0 aliphatic heterocycles. The topological polar surface area (TPSA) is 74.6 Å². The van der Waals surface area contributed by atoms with Crippen LogP contribution in [-0.4, -0.2) is 22.2 Å². The van der Waals surface area contributed by atoms with Gasteiger partial charge in [0, 0.05) is 0 Å². The van der Waals surface area contributed by atoms with Crippen molar-refractivity contribution in [2.24, 2.45) is 0 Å². The van der Waals surface area contributed by atoms with Gasteiger partial charge >= 0.3 is 11.9 Å². The van der Waals surface area contributed by atoms with Gasteiger partial charge in [-0.3, -0.25) is 9.59 Å². The highest BCUT2D eigenvalue weighted by Gasteiger charge is 2.48. The van der Waals surface area contributed by atoms with Gasteiger partial charge in [-0.05, 0) is 95.6 Å². The zero-order valence-electron chi connectivity index (χ0n) is 31.7. The van der Waals surface area contributed by atoms with Gasteiger partial charge in [0.2, 0.25) is 0 Å². The molecule has 0 aromatic heterocycles. The van der Waals surface area contributed by atoms with Crippen LogP contribution in [0.25, 0.3) is 11.1 Å². The summed E-state index contributed by atoms with van der Waals surface area (Å²) in [6.07, 6.45) is 7.49. The third-order valence-electron chi connectivity index (χ3n) is 12.1. The van der Waals surface area contributed by atoms with Crippen LogP contribution >= 0.6 is 15.8 Å². The molecule has 2 N–H and O–H groups in total. The van der Waals surface area contributed by atoms with Crippen molar-refractivity contribution in [2.75, 3.05) is 0 Å². The minimum absolute atomic E-state index is 0.543. The normalized spacial score (nSPS) is 16.4. The van der Waals surface area contributed by atoms with Gasteiger partial charge in [-0.1, -0.05) is 196 Å². The Morgan fingerprint density at radius 2 is 0.661 bits per heavy atom. The number of carbonyl (C=O) groups is 2. The highest BCUT2D eigenvalue weighted by atomic mass is 31.1. The summed E-state index contributed by atoms with van der Waals surface area (Å²) in [7, 11) is -2.41. The Labute approximate surface area is 333 Å². The first-order valence-corrected chi connectivity index (χ1v) is 22.7. The molecule has 56 heavy (non-hydrogen) atoms. The number of rotatable bonds is 11. The third kappa shape index (κ3) is 7.04. The summed E-state index contributed by atoms with van der Waals surface area (Å²) in [4.78, 5) is 28.0. The molecule has 2 aliphatic rings. The van der Waals surface area contributed by atoms with Gasteiger partial charge < -0.3 is 10.2 Å². The fourth-order valence-corrected chi connectivity index (χ4v) is 14.4. The van der Waals surface area contributed by atoms with Crippen molar-refractivity contribution in [1.82, 2.24) is 0 Å². The van der Waals surface area contributed by atoms with Gasteiger partial charge in [0.1, 0.15) is 0 Å². The molecule has 0 heterocycles. The molecular formula is C50H48O4P2. The molecule has 0 amide bonds. The first-order valence-electron chi connectivity index (χ1n) is 20.0. The summed E-state index contributed by atoms with van der Waals surface area (Å²) in [6, 6.07) is 55.1. The van der Waals surface area contributed by atoms with E-state index in [4.69, 9.17) is 0 Å². The maximum absolute atomic E-state index is 14.0. The Morgan fingerprint density at radius 1 is 0.375 bits per heavy atom. The van der Waals surface area contributed by atoms with Crippen molar-refractivity contribution in [2.45, 2.75) is 75.0 Å². The molecule has 0 bridgehead atoms. The quantitative estimate of drug-likeness (QED) is 0.129. The lowest BCUT2D eigenvalue weighted by Gasteiger charge is -2.40. The second-order valence-electron chi connectivity index (χ2n) is 15.3. The van der Waals surface area contributed by atoms with Crippen LogP contribution in [0.1, 0.15) is 75.3 Å². The molecule has 2 fully saturated rings. The van der Waals surface area contributed by atoms with E-state index in [-0.39, 0.29) is 0 Å². The zero-order chi connectivity index (χ0) is 38.5. The van der Waals surface area contributed by atoms with Gasteiger partial charge in [-0.2, -0.15) is 0 Å². The van der Waals surface area contributed by atoms with Crippen molar-refractivity contribution < 1.29 is 19.8 Å². The second-order valence-corrected chi connectivity index (χ2v) is 19.7. The molecule has 4 nitrogen and oxygen atoms in total. The standard InChI is InChI=1S/C50H48O4P2/c51-47(52)49(33-15-5-16-34-49)41-29-19-31-43(55(37-21-7-1-8-22-37)38-23-9-2-10-24-38)45(41)46-42(50(48(53)54)35-17-6-18-36-50)30-20-32-44(46)56(39-25-11-3-12-26-39)40-27-13-4-14-28-40/h1-4,7-14,19-32H,5-6,15-18,33-36H2,(H,51,52)(H,53,54). The minimum atomic E-state index is -1.20. The van der Waals surface area contributed by atoms with E-state index in [0.29, 0.717) is 25.7 Å². The largest absolute Gasteiger partial charge is 0.481 e. The fraction of sp³-hybridized carbons (Fsp3) is 0.240. The SMILES string of the molecule is O=C(O)C1(c2cccc(P(c3ccccc3)c3ccccc3)c2-c2c(P(c3ccccc3)c3ccccc3)cccc2C2(C(=O)O)CCCCC2)CCCCC1. The van der Waals surface area contributed by atoms with Crippen molar-refractivity contribution in [1.29, 1.82) is 0 Å². The molecule has 2 saturated carbocycles. The van der Waals surface area contributed by atoms with Crippen molar-refractivity contribution >= 4 is 59.6 Å². The summed E-state index contributed by atoms with van der Waals surface area (Å²) in [5.41, 5.74) is 1.25. The Kier molecular flexibility index (Phi) is 11.3. The van der Waals surface area contributed by atoms with Crippen LogP contribution in [0, 0.1) is 0 Å². The van der Waals surface area contributed by atoms with Gasteiger partial charge in [-0.15, -0.1) is 0 Å². The third-order valence-corrected chi connectivity index (χ3v) is 17.1. The highest BCUT2D eigenvalue weighted by Crippen LogP contribution is 2.52. The van der Waals surface area contributed by atoms with E-state index in [2.05, 4.69) is 133 Å². The predicted molar refractivity (Wildman–Crippen MR) is 234 cm³/mol. The second kappa shape index (κ2) is 16.7. The number of aliphatic carboxylic acids is 2. The predicted octanol–water partition coefficient (Wildman–Crippen LogP) is 9.44. The van der Waals surface area contributed by atoms with E-state index >= 15 is 0 Å². The summed E-state index contributed by atoms with van der Waals surface area (Å²) in [5.74, 6) is -1.59. The highest BCUT2D eigenvalue weighted by molar-refractivity contribution is 7.80. The molecule has 2 aliphatic carbocycles. The molecule has 0 unspecified atom stereocenters. The van der Waals surface area contributed by atoms with Gasteiger partial charge in [0.25, 0.3) is 0 Å². The maximum atomic E-state index is 14.0. The number of hydrogen-bond acceptors (Lipinski definition) is 2. The number of carboxylic acid groups (broad SMARTS) is 2. The van der Waals surface area contributed by atoms with E-state index < -0.39 is 38.6 Å². The van der Waals surface area contributed by atoms with Crippen LogP contribution in [-0.2, 0) is 20.4 Å². The summed E-state index contributed by atoms with van der Waals surface area (Å²) in [6.45, 7) is 0. The smallest absolute Gasteiger partial charge is 0.314 e. The minimum Gasteiger partial charge on any atom is -0.481 e. The van der Waals surface area contributed by atoms with Crippen molar-refractivity contribution in [3.05, 3.63) is 169 Å². The molecular weight excluding hydrogens is 726 g/mol. The number of carboxylic acids is 2. The Balaban J connectivity index is 1.57. The summed E-state index contributed by atoms with van der Waals surface area (Å²) in [5, 5.41) is 29.8. The Bertz CT molecular complexity index is 2040. The van der Waals surface area contributed by atoms with Crippen molar-refractivity contribution in [3.8, 4) is 11.1 Å². The fourth-order valence-electron chi connectivity index (χ4n) is 9.45. The zero-order valence-corrected chi connectivity index (χ0v) is 33.5. The Morgan fingerprint density at radius 3 is 0.929 bits per heavy atom. The van der Waals surface area contributed by atoms with E-state index in [9.17, 15) is 19.8 Å². The van der Waals surface area contributed by atoms with Crippen LogP contribution in [0.15, 0.2) is 158 Å². The van der Waals surface area contributed by atoms with Gasteiger partial charge in [-0.25, -0.2) is 0 Å². The molecule has 6 aromatic carbocycles. The molecule has 282 valence electrons. The van der Waals surface area contributed by atoms with Crippen LogP contribution in [0.3, 0.4) is 0 Å². The van der Waals surface area contributed by atoms with E-state index in [0.717, 1.165) is 92.6 Å². The van der Waals surface area contributed by atoms with Crippen LogP contribution in [0.4, 0.5) is 0 Å². The van der Waals surface area contributed by atoms with Gasteiger partial charge in [0.05, 0.1) is 10.8 Å². The average molecular weight is 775 g/mol.